The average Bonchev–Trinajstić information content (AvgIpc) is 2.90. The second-order valence-corrected chi connectivity index (χ2v) is 6.39. The summed E-state index contributed by atoms with van der Waals surface area (Å²) in [5.74, 6) is -2.62. The van der Waals surface area contributed by atoms with Gasteiger partial charge in [-0.15, -0.1) is 0 Å². The van der Waals surface area contributed by atoms with Crippen LogP contribution in [-0.4, -0.2) is 18.2 Å². The van der Waals surface area contributed by atoms with E-state index in [-0.39, 0.29) is 23.7 Å². The van der Waals surface area contributed by atoms with Crippen molar-refractivity contribution >= 4 is 24.3 Å². The van der Waals surface area contributed by atoms with Crippen molar-refractivity contribution in [2.75, 3.05) is 0 Å². The van der Waals surface area contributed by atoms with Gasteiger partial charge in [-0.3, -0.25) is 9.59 Å². The number of hydrogen-bond donors (Lipinski definition) is 0. The molecule has 3 aliphatic carbocycles. The smallest absolute Gasteiger partial charge is 0.318 e. The van der Waals surface area contributed by atoms with Crippen molar-refractivity contribution < 1.29 is 19.1 Å². The summed E-state index contributed by atoms with van der Waals surface area (Å²) in [5, 5.41) is 0. The zero-order chi connectivity index (χ0) is 16.0. The third kappa shape index (κ3) is 2.09. The lowest BCUT2D eigenvalue weighted by Crippen LogP contribution is -2.49. The summed E-state index contributed by atoms with van der Waals surface area (Å²) in [4.78, 5) is 35.6. The first-order chi connectivity index (χ1) is 11.2. The summed E-state index contributed by atoms with van der Waals surface area (Å²) in [7, 11) is 0. The van der Waals surface area contributed by atoms with E-state index in [0.717, 1.165) is 11.8 Å². The average molecular weight is 308 g/mol. The summed E-state index contributed by atoms with van der Waals surface area (Å²) in [6.07, 6.45) is 8.80. The van der Waals surface area contributed by atoms with E-state index in [1.54, 1.807) is 0 Å². The van der Waals surface area contributed by atoms with E-state index in [1.807, 2.05) is 54.6 Å². The van der Waals surface area contributed by atoms with Gasteiger partial charge in [0.2, 0.25) is 0 Å². The maximum Gasteiger partial charge on any atom is 0.318 e. The van der Waals surface area contributed by atoms with Gasteiger partial charge in [0.25, 0.3) is 0 Å². The summed E-state index contributed by atoms with van der Waals surface area (Å²) < 4.78 is 4.84. The molecule has 1 aliphatic heterocycles. The Labute approximate surface area is 133 Å². The van der Waals surface area contributed by atoms with E-state index in [2.05, 4.69) is 0 Å². The minimum absolute atomic E-state index is 0.0811. The number of aldehydes is 1. The van der Waals surface area contributed by atoms with Gasteiger partial charge in [-0.05, 0) is 17.4 Å². The lowest BCUT2D eigenvalue weighted by molar-refractivity contribution is -0.154. The van der Waals surface area contributed by atoms with Gasteiger partial charge in [0, 0.05) is 11.8 Å². The highest BCUT2D eigenvalue weighted by Crippen LogP contribution is 2.54. The van der Waals surface area contributed by atoms with E-state index in [9.17, 15) is 14.4 Å². The molecule has 23 heavy (non-hydrogen) atoms. The van der Waals surface area contributed by atoms with E-state index in [0.29, 0.717) is 0 Å². The second-order valence-electron chi connectivity index (χ2n) is 6.39. The fourth-order valence-corrected chi connectivity index (χ4v) is 4.29. The van der Waals surface area contributed by atoms with Crippen LogP contribution >= 0.6 is 0 Å². The molecule has 0 radical (unpaired) electrons. The normalized spacial score (nSPS) is 37.9. The molecule has 0 amide bonds. The molecular weight excluding hydrogens is 292 g/mol. The van der Waals surface area contributed by atoms with Gasteiger partial charge < -0.3 is 9.53 Å². The SMILES string of the molecule is O=C[C@H]1[C@@H]2C=C[C@H]([C@@H]1/C=C/c1ccccc1)[C@H]1C(=O)OC(=O)[C@@H]21. The zero-order valence-corrected chi connectivity index (χ0v) is 12.4. The first-order valence-electron chi connectivity index (χ1n) is 7.83. The maximum absolute atomic E-state index is 12.0. The van der Waals surface area contributed by atoms with Crippen molar-refractivity contribution in [1.29, 1.82) is 0 Å². The Morgan fingerprint density at radius 1 is 0.870 bits per heavy atom. The van der Waals surface area contributed by atoms with Crippen LogP contribution in [0.1, 0.15) is 5.56 Å². The molecule has 4 heteroatoms. The molecule has 0 N–H and O–H groups in total. The third-order valence-corrected chi connectivity index (χ3v) is 5.32. The Morgan fingerprint density at radius 2 is 1.48 bits per heavy atom. The zero-order valence-electron chi connectivity index (χ0n) is 12.4. The standard InChI is InChI=1S/C19H16O4/c20-10-15-12(7-6-11-4-2-1-3-5-11)13-8-9-14(15)17-16(13)18(21)23-19(17)22/h1-10,12-17H/b7-6+/t12-,13+,14-,15+,16+,17-/m0/s1. The van der Waals surface area contributed by atoms with Crippen molar-refractivity contribution in [1.82, 2.24) is 0 Å². The Hall–Kier alpha value is -2.49. The lowest BCUT2D eigenvalue weighted by Gasteiger charge is -2.46. The number of ether oxygens (including phenoxy) is 1. The fourth-order valence-electron chi connectivity index (χ4n) is 4.29. The first kappa shape index (κ1) is 14.1. The summed E-state index contributed by atoms with van der Waals surface area (Å²) in [6, 6.07) is 9.82. The Kier molecular flexibility index (Phi) is 3.26. The molecule has 1 saturated carbocycles. The molecule has 4 aliphatic rings. The Morgan fingerprint density at radius 3 is 2.09 bits per heavy atom. The predicted octanol–water partition coefficient (Wildman–Crippen LogP) is 2.26. The molecule has 4 nitrogen and oxygen atoms in total. The predicted molar refractivity (Wildman–Crippen MR) is 82.7 cm³/mol. The van der Waals surface area contributed by atoms with Gasteiger partial charge in [0.15, 0.2) is 0 Å². The molecular formula is C19H16O4. The van der Waals surface area contributed by atoms with E-state index in [4.69, 9.17) is 4.74 Å². The molecule has 116 valence electrons. The number of hydrogen-bond acceptors (Lipinski definition) is 4. The van der Waals surface area contributed by atoms with Gasteiger partial charge in [-0.1, -0.05) is 54.6 Å². The van der Waals surface area contributed by atoms with Crippen molar-refractivity contribution in [2.24, 2.45) is 35.5 Å². The number of esters is 2. The van der Waals surface area contributed by atoms with Crippen molar-refractivity contribution in [3.63, 3.8) is 0 Å². The molecule has 1 aromatic carbocycles. The molecule has 2 fully saturated rings. The molecule has 0 spiro atoms. The summed E-state index contributed by atoms with van der Waals surface area (Å²) in [5.41, 5.74) is 1.05. The van der Waals surface area contributed by atoms with Crippen molar-refractivity contribution in [2.45, 2.75) is 0 Å². The van der Waals surface area contributed by atoms with Crippen LogP contribution in [0.4, 0.5) is 0 Å². The second kappa shape index (κ2) is 5.30. The van der Waals surface area contributed by atoms with E-state index < -0.39 is 23.8 Å². The van der Waals surface area contributed by atoms with Gasteiger partial charge in [0.1, 0.15) is 6.29 Å². The fraction of sp³-hybridized carbons (Fsp3) is 0.316. The van der Waals surface area contributed by atoms with E-state index in [1.165, 1.54) is 0 Å². The summed E-state index contributed by atoms with van der Waals surface area (Å²) >= 11 is 0. The molecule has 1 heterocycles. The number of rotatable bonds is 3. The molecule has 5 rings (SSSR count). The quantitative estimate of drug-likeness (QED) is 0.372. The molecule has 6 atom stereocenters. The monoisotopic (exact) mass is 308 g/mol. The number of carbonyl (C=O) groups is 3. The number of allylic oxidation sites excluding steroid dienone is 3. The van der Waals surface area contributed by atoms with Gasteiger partial charge in [-0.25, -0.2) is 0 Å². The number of benzene rings is 1. The number of carbonyl (C=O) groups excluding carboxylic acids is 3. The molecule has 0 unspecified atom stereocenters. The van der Waals surface area contributed by atoms with E-state index >= 15 is 0 Å². The highest BCUT2D eigenvalue weighted by molar-refractivity contribution is 5.98. The number of cyclic esters (lactones) is 2. The van der Waals surface area contributed by atoms with Crippen LogP contribution in [0.3, 0.4) is 0 Å². The van der Waals surface area contributed by atoms with Crippen molar-refractivity contribution in [3.05, 3.63) is 54.1 Å². The largest absolute Gasteiger partial charge is 0.393 e. The molecule has 2 bridgehead atoms. The summed E-state index contributed by atoms with van der Waals surface area (Å²) in [6.45, 7) is 0. The minimum Gasteiger partial charge on any atom is -0.393 e. The van der Waals surface area contributed by atoms with Crippen LogP contribution in [0.2, 0.25) is 0 Å². The van der Waals surface area contributed by atoms with Gasteiger partial charge in [-0.2, -0.15) is 0 Å². The van der Waals surface area contributed by atoms with Crippen LogP contribution in [0, 0.1) is 35.5 Å². The van der Waals surface area contributed by atoms with Crippen LogP contribution in [0.25, 0.3) is 6.08 Å². The molecule has 1 saturated heterocycles. The highest BCUT2D eigenvalue weighted by atomic mass is 16.6. The topological polar surface area (TPSA) is 60.4 Å². The van der Waals surface area contributed by atoms with Crippen LogP contribution < -0.4 is 0 Å². The first-order valence-corrected chi connectivity index (χ1v) is 7.83. The molecule has 0 aromatic heterocycles. The Balaban J connectivity index is 1.69. The highest BCUT2D eigenvalue weighted by Gasteiger charge is 2.60. The van der Waals surface area contributed by atoms with Crippen LogP contribution in [0.15, 0.2) is 48.6 Å². The number of fused-ring (bicyclic) bond motifs is 1. The minimum atomic E-state index is -0.492. The maximum atomic E-state index is 12.0. The van der Waals surface area contributed by atoms with Crippen LogP contribution in [0.5, 0.6) is 0 Å². The lowest BCUT2D eigenvalue weighted by atomic mass is 9.54. The van der Waals surface area contributed by atoms with Crippen molar-refractivity contribution in [3.8, 4) is 0 Å². The Bertz CT molecular complexity index is 718. The molecule has 1 aromatic rings. The van der Waals surface area contributed by atoms with Crippen LogP contribution in [-0.2, 0) is 19.1 Å². The van der Waals surface area contributed by atoms with Gasteiger partial charge >= 0.3 is 11.9 Å². The third-order valence-electron chi connectivity index (χ3n) is 5.32. The van der Waals surface area contributed by atoms with Gasteiger partial charge in [0.05, 0.1) is 11.8 Å².